The minimum absolute atomic E-state index is 0.0467. The van der Waals surface area contributed by atoms with Crippen LogP contribution in [0.4, 0.5) is 11.4 Å². The average Bonchev–Trinajstić information content (AvgIpc) is 3.31. The second-order valence-corrected chi connectivity index (χ2v) is 9.42. The minimum Gasteiger partial charge on any atom is -0.357 e. The zero-order valence-corrected chi connectivity index (χ0v) is 19.2. The largest absolute Gasteiger partial charge is 0.357 e. The molecule has 33 heavy (non-hydrogen) atoms. The fourth-order valence-electron chi connectivity index (χ4n) is 4.72. The van der Waals surface area contributed by atoms with Crippen molar-refractivity contribution in [2.45, 2.75) is 31.7 Å². The predicted octanol–water partition coefficient (Wildman–Crippen LogP) is 5.09. The molecule has 1 unspecified atom stereocenters. The van der Waals surface area contributed by atoms with Crippen LogP contribution in [0, 0.1) is 0 Å². The highest BCUT2D eigenvalue weighted by atomic mass is 32.1. The van der Waals surface area contributed by atoms with Crippen molar-refractivity contribution in [2.75, 3.05) is 23.3 Å². The predicted molar refractivity (Wildman–Crippen MR) is 134 cm³/mol. The van der Waals surface area contributed by atoms with Crippen molar-refractivity contribution in [3.8, 4) is 0 Å². The molecule has 1 aliphatic heterocycles. The molecule has 6 heteroatoms. The first-order valence-corrected chi connectivity index (χ1v) is 12.3. The molecule has 1 aromatic heterocycles. The van der Waals surface area contributed by atoms with E-state index in [1.807, 2.05) is 53.9 Å². The number of carbonyl (C=O) groups is 2. The summed E-state index contributed by atoms with van der Waals surface area (Å²) in [6.45, 7) is 0.757. The van der Waals surface area contributed by atoms with Gasteiger partial charge < -0.3 is 15.5 Å². The standard InChI is InChI=1S/C27H27N3O2S/c31-23-13-6-11-21-26(23)27(24-14-7-17-33-24)30(22-12-5-4-10-20(22)29-21)18-25(32)28-16-15-19-8-2-1-3-9-19/h1-5,7-10,12,14,17,27,29H,6,11,13,15-16,18H2,(H,28,32). The number of ketones is 1. The molecule has 2 N–H and O–H groups in total. The first-order chi connectivity index (χ1) is 16.2. The highest BCUT2D eigenvalue weighted by Crippen LogP contribution is 2.45. The zero-order chi connectivity index (χ0) is 22.6. The third-order valence-electron chi connectivity index (χ3n) is 6.25. The summed E-state index contributed by atoms with van der Waals surface area (Å²) in [4.78, 5) is 29.5. The van der Waals surface area contributed by atoms with Gasteiger partial charge in [-0.05, 0) is 48.4 Å². The van der Waals surface area contributed by atoms with Gasteiger partial charge in [-0.2, -0.15) is 0 Å². The zero-order valence-electron chi connectivity index (χ0n) is 18.4. The van der Waals surface area contributed by atoms with Gasteiger partial charge in [0.25, 0.3) is 0 Å². The Morgan fingerprint density at radius 3 is 2.67 bits per heavy atom. The number of amides is 1. The lowest BCUT2D eigenvalue weighted by atomic mass is 9.88. The lowest BCUT2D eigenvalue weighted by molar-refractivity contribution is -0.120. The van der Waals surface area contributed by atoms with Crippen molar-refractivity contribution in [3.05, 3.63) is 93.8 Å². The maximum Gasteiger partial charge on any atom is 0.239 e. The molecule has 2 aromatic carbocycles. The summed E-state index contributed by atoms with van der Waals surface area (Å²) in [5.41, 5.74) is 4.87. The molecular weight excluding hydrogens is 430 g/mol. The lowest BCUT2D eigenvalue weighted by Gasteiger charge is -2.34. The van der Waals surface area contributed by atoms with E-state index in [-0.39, 0.29) is 24.3 Å². The number of anilines is 2. The van der Waals surface area contributed by atoms with E-state index in [4.69, 9.17) is 0 Å². The van der Waals surface area contributed by atoms with Crippen molar-refractivity contribution in [3.63, 3.8) is 0 Å². The summed E-state index contributed by atoms with van der Waals surface area (Å²) in [7, 11) is 0. The van der Waals surface area contributed by atoms with Crippen molar-refractivity contribution in [1.82, 2.24) is 5.32 Å². The van der Waals surface area contributed by atoms with E-state index in [9.17, 15) is 9.59 Å². The Morgan fingerprint density at radius 1 is 1.03 bits per heavy atom. The average molecular weight is 458 g/mol. The quantitative estimate of drug-likeness (QED) is 0.541. The highest BCUT2D eigenvalue weighted by molar-refractivity contribution is 7.10. The van der Waals surface area contributed by atoms with Gasteiger partial charge in [-0.15, -0.1) is 11.3 Å². The maximum atomic E-state index is 13.2. The van der Waals surface area contributed by atoms with Gasteiger partial charge in [0, 0.05) is 29.1 Å². The van der Waals surface area contributed by atoms with Gasteiger partial charge in [-0.3, -0.25) is 9.59 Å². The van der Waals surface area contributed by atoms with Crippen LogP contribution in [0.15, 0.2) is 83.4 Å². The number of fused-ring (bicyclic) bond motifs is 1. The van der Waals surface area contributed by atoms with Crippen molar-refractivity contribution in [2.24, 2.45) is 0 Å². The first-order valence-electron chi connectivity index (χ1n) is 11.4. The minimum atomic E-state index is -0.274. The van der Waals surface area contributed by atoms with E-state index in [0.29, 0.717) is 13.0 Å². The van der Waals surface area contributed by atoms with Crippen molar-refractivity contribution >= 4 is 34.4 Å². The van der Waals surface area contributed by atoms with Crippen molar-refractivity contribution in [1.29, 1.82) is 0 Å². The topological polar surface area (TPSA) is 61.4 Å². The maximum absolute atomic E-state index is 13.2. The smallest absolute Gasteiger partial charge is 0.239 e. The van der Waals surface area contributed by atoms with Gasteiger partial charge in [0.1, 0.15) is 0 Å². The normalized spacial score (nSPS) is 17.6. The molecule has 2 aliphatic rings. The number of Topliss-reactive ketones (excluding diaryl/α,β-unsaturated/α-hetero) is 1. The molecule has 1 amide bonds. The van der Waals surface area contributed by atoms with Crippen LogP contribution in [0.25, 0.3) is 0 Å². The number of benzene rings is 2. The second kappa shape index (κ2) is 9.63. The number of allylic oxidation sites excluding steroid dienone is 1. The van der Waals surface area contributed by atoms with Crippen molar-refractivity contribution < 1.29 is 9.59 Å². The SMILES string of the molecule is O=C(CN1c2ccccc2NC2=C(C(=O)CCC2)C1c1cccs1)NCCc1ccccc1. The van der Waals surface area contributed by atoms with Gasteiger partial charge in [0.2, 0.25) is 5.91 Å². The van der Waals surface area contributed by atoms with E-state index in [0.717, 1.165) is 46.8 Å². The molecular formula is C27H27N3O2S. The Kier molecular flexibility index (Phi) is 6.26. The fraction of sp³-hybridized carbons (Fsp3) is 0.259. The van der Waals surface area contributed by atoms with E-state index in [1.165, 1.54) is 5.56 Å². The monoisotopic (exact) mass is 457 g/mol. The Labute approximate surface area is 198 Å². The molecule has 0 saturated heterocycles. The highest BCUT2D eigenvalue weighted by Gasteiger charge is 2.37. The molecule has 3 aromatic rings. The fourth-order valence-corrected chi connectivity index (χ4v) is 5.56. The number of carbonyl (C=O) groups excluding carboxylic acids is 2. The number of nitrogens with one attached hydrogen (secondary N) is 2. The van der Waals surface area contributed by atoms with Crippen LogP contribution in [0.1, 0.15) is 35.7 Å². The molecule has 2 heterocycles. The summed E-state index contributed by atoms with van der Waals surface area (Å²) >= 11 is 1.63. The summed E-state index contributed by atoms with van der Waals surface area (Å²) in [5, 5.41) is 8.65. The molecule has 0 bridgehead atoms. The number of hydrogen-bond acceptors (Lipinski definition) is 5. The molecule has 1 atom stereocenters. The van der Waals surface area contributed by atoms with Crippen LogP contribution in [-0.2, 0) is 16.0 Å². The van der Waals surface area contributed by atoms with Gasteiger partial charge in [0.05, 0.1) is 24.0 Å². The first kappa shape index (κ1) is 21.5. The number of rotatable bonds is 6. The molecule has 5 nitrogen and oxygen atoms in total. The van der Waals surface area contributed by atoms with Crippen LogP contribution < -0.4 is 15.5 Å². The molecule has 1 aliphatic carbocycles. The number of hydrogen-bond donors (Lipinski definition) is 2. The third-order valence-corrected chi connectivity index (χ3v) is 7.17. The molecule has 168 valence electrons. The molecule has 0 fully saturated rings. The summed E-state index contributed by atoms with van der Waals surface area (Å²) in [6.07, 6.45) is 3.03. The molecule has 0 saturated carbocycles. The summed E-state index contributed by atoms with van der Waals surface area (Å²) < 4.78 is 0. The van der Waals surface area contributed by atoms with Crippen LogP contribution >= 0.6 is 11.3 Å². The van der Waals surface area contributed by atoms with E-state index in [2.05, 4.69) is 33.7 Å². The summed E-state index contributed by atoms with van der Waals surface area (Å²) in [6, 6.07) is 22.0. The second-order valence-electron chi connectivity index (χ2n) is 8.44. The van der Waals surface area contributed by atoms with Gasteiger partial charge in [-0.1, -0.05) is 48.5 Å². The molecule has 0 radical (unpaired) electrons. The Hall–Kier alpha value is -3.38. The molecule has 0 spiro atoms. The number of para-hydroxylation sites is 2. The Balaban J connectivity index is 1.45. The van der Waals surface area contributed by atoms with Gasteiger partial charge in [0.15, 0.2) is 5.78 Å². The lowest BCUT2D eigenvalue weighted by Crippen LogP contribution is -2.41. The third kappa shape index (κ3) is 4.57. The van der Waals surface area contributed by atoms with E-state index in [1.54, 1.807) is 11.3 Å². The summed E-state index contributed by atoms with van der Waals surface area (Å²) in [5.74, 6) is 0.124. The van der Waals surface area contributed by atoms with Gasteiger partial charge in [-0.25, -0.2) is 0 Å². The van der Waals surface area contributed by atoms with E-state index >= 15 is 0 Å². The van der Waals surface area contributed by atoms with Gasteiger partial charge >= 0.3 is 0 Å². The number of nitrogens with zero attached hydrogens (tertiary/aromatic N) is 1. The van der Waals surface area contributed by atoms with E-state index < -0.39 is 0 Å². The molecule has 5 rings (SSSR count). The van der Waals surface area contributed by atoms with Crippen LogP contribution in [0.2, 0.25) is 0 Å². The number of thiophene rings is 1. The van der Waals surface area contributed by atoms with Crippen LogP contribution in [-0.4, -0.2) is 24.8 Å². The Bertz CT molecular complexity index is 1170. The van der Waals surface area contributed by atoms with Crippen LogP contribution in [0.3, 0.4) is 0 Å². The van der Waals surface area contributed by atoms with Crippen LogP contribution in [0.5, 0.6) is 0 Å². The Morgan fingerprint density at radius 2 is 1.85 bits per heavy atom.